The molecule has 0 saturated carbocycles. The summed E-state index contributed by atoms with van der Waals surface area (Å²) in [4.78, 5) is 28.5. The smallest absolute Gasteiger partial charge is 0.243 e. The number of hydrogen-bond acceptors (Lipinski definition) is 5. The van der Waals surface area contributed by atoms with Crippen LogP contribution in [-0.4, -0.2) is 80.0 Å². The fraction of sp³-hybridized carbons (Fsp3) is 0.450. The molecule has 1 aliphatic heterocycles. The highest BCUT2D eigenvalue weighted by atomic mass is 127. The highest BCUT2D eigenvalue weighted by molar-refractivity contribution is 14.0. The molecule has 1 saturated heterocycles. The molecule has 0 bridgehead atoms. The van der Waals surface area contributed by atoms with E-state index < -0.39 is 0 Å². The van der Waals surface area contributed by atoms with E-state index in [9.17, 15) is 4.79 Å². The van der Waals surface area contributed by atoms with Gasteiger partial charge < -0.3 is 20.0 Å². The number of carbonyl (C=O) groups excluding carboxylic acids is 1. The van der Waals surface area contributed by atoms with E-state index in [1.165, 1.54) is 4.88 Å². The van der Waals surface area contributed by atoms with Gasteiger partial charge in [-0.25, -0.2) is 9.98 Å². The number of nitrogens with zero attached hydrogens (tertiary/aromatic N) is 5. The SMILES string of the molecule is CN(C)C(=O)CN=C(NCCc1cccs1)N1CCN(c2ccccn2)CC1.I. The van der Waals surface area contributed by atoms with E-state index in [2.05, 4.69) is 42.6 Å². The largest absolute Gasteiger partial charge is 0.356 e. The number of thiophene rings is 1. The average molecular weight is 528 g/mol. The van der Waals surface area contributed by atoms with Crippen LogP contribution in [0.1, 0.15) is 4.88 Å². The van der Waals surface area contributed by atoms with Crippen LogP contribution in [-0.2, 0) is 11.2 Å². The Labute approximate surface area is 193 Å². The van der Waals surface area contributed by atoms with Crippen molar-refractivity contribution in [3.8, 4) is 0 Å². The Morgan fingerprint density at radius 3 is 2.62 bits per heavy atom. The van der Waals surface area contributed by atoms with Gasteiger partial charge in [-0.3, -0.25) is 4.79 Å². The van der Waals surface area contributed by atoms with Crippen LogP contribution < -0.4 is 10.2 Å². The molecule has 0 spiro atoms. The summed E-state index contributed by atoms with van der Waals surface area (Å²) in [5.41, 5.74) is 0. The van der Waals surface area contributed by atoms with Crippen molar-refractivity contribution in [1.82, 2.24) is 20.1 Å². The van der Waals surface area contributed by atoms with Crippen LogP contribution in [0.15, 0.2) is 46.9 Å². The lowest BCUT2D eigenvalue weighted by Gasteiger charge is -2.37. The van der Waals surface area contributed by atoms with Crippen LogP contribution in [0.2, 0.25) is 0 Å². The van der Waals surface area contributed by atoms with Gasteiger partial charge >= 0.3 is 0 Å². The van der Waals surface area contributed by atoms with Gasteiger partial charge in [-0.05, 0) is 30.0 Å². The van der Waals surface area contributed by atoms with E-state index >= 15 is 0 Å². The van der Waals surface area contributed by atoms with E-state index in [0.717, 1.165) is 50.9 Å². The molecule has 1 N–H and O–H groups in total. The van der Waals surface area contributed by atoms with Gasteiger partial charge in [0.2, 0.25) is 5.91 Å². The van der Waals surface area contributed by atoms with Crippen LogP contribution in [0, 0.1) is 0 Å². The third-order valence-corrected chi connectivity index (χ3v) is 5.59. The fourth-order valence-electron chi connectivity index (χ4n) is 2.99. The predicted molar refractivity (Wildman–Crippen MR) is 130 cm³/mol. The van der Waals surface area contributed by atoms with E-state index in [1.807, 2.05) is 24.4 Å². The standard InChI is InChI=1S/C20H28N6OS.HI/c1-24(2)19(27)16-23-20(22-10-8-17-6-5-15-28-17)26-13-11-25(12-14-26)18-7-3-4-9-21-18;/h3-7,9,15H,8,10-14,16H2,1-2H3,(H,22,23);1H. The number of piperazine rings is 1. The van der Waals surface area contributed by atoms with Crippen LogP contribution in [0.4, 0.5) is 5.82 Å². The average Bonchev–Trinajstić information content (AvgIpc) is 3.24. The van der Waals surface area contributed by atoms with Crippen molar-refractivity contribution in [3.05, 3.63) is 46.8 Å². The molecule has 0 aliphatic carbocycles. The Balaban J connectivity index is 0.00000300. The third kappa shape index (κ3) is 7.14. The van der Waals surface area contributed by atoms with Crippen molar-refractivity contribution in [1.29, 1.82) is 0 Å². The summed E-state index contributed by atoms with van der Waals surface area (Å²) in [6, 6.07) is 10.2. The second kappa shape index (κ2) is 12.0. The molecule has 9 heteroatoms. The summed E-state index contributed by atoms with van der Waals surface area (Å²) >= 11 is 1.76. The summed E-state index contributed by atoms with van der Waals surface area (Å²) in [5, 5.41) is 5.55. The van der Waals surface area contributed by atoms with Gasteiger partial charge in [0.05, 0.1) is 0 Å². The number of aliphatic imine (C=N–C) groups is 1. The fourth-order valence-corrected chi connectivity index (χ4v) is 3.70. The molecule has 29 heavy (non-hydrogen) atoms. The maximum Gasteiger partial charge on any atom is 0.243 e. The Morgan fingerprint density at radius 1 is 1.21 bits per heavy atom. The number of nitrogens with one attached hydrogen (secondary N) is 1. The highest BCUT2D eigenvalue weighted by Gasteiger charge is 2.21. The number of anilines is 1. The van der Waals surface area contributed by atoms with Crippen LogP contribution in [0.25, 0.3) is 0 Å². The quantitative estimate of drug-likeness (QED) is 0.354. The van der Waals surface area contributed by atoms with Gasteiger partial charge in [-0.15, -0.1) is 35.3 Å². The summed E-state index contributed by atoms with van der Waals surface area (Å²) in [6.45, 7) is 4.41. The number of halogens is 1. The van der Waals surface area contributed by atoms with Gasteiger partial charge in [0.15, 0.2) is 5.96 Å². The number of rotatable bonds is 6. The molecular formula is C20H29IN6OS. The number of aromatic nitrogens is 1. The number of pyridine rings is 1. The molecule has 0 unspecified atom stereocenters. The minimum atomic E-state index is 0. The van der Waals surface area contributed by atoms with Gasteiger partial charge in [-0.1, -0.05) is 12.1 Å². The van der Waals surface area contributed by atoms with E-state index in [1.54, 1.807) is 30.3 Å². The molecule has 3 rings (SSSR count). The van der Waals surface area contributed by atoms with Crippen LogP contribution >= 0.6 is 35.3 Å². The van der Waals surface area contributed by atoms with Crippen LogP contribution in [0.3, 0.4) is 0 Å². The van der Waals surface area contributed by atoms with Gasteiger partial charge in [0, 0.05) is 57.9 Å². The zero-order valence-corrected chi connectivity index (χ0v) is 20.1. The van der Waals surface area contributed by atoms with E-state index in [0.29, 0.717) is 0 Å². The topological polar surface area (TPSA) is 64.1 Å². The molecule has 1 fully saturated rings. The van der Waals surface area contributed by atoms with Crippen molar-refractivity contribution < 1.29 is 4.79 Å². The number of likely N-dealkylation sites (N-methyl/N-ethyl adjacent to an activating group) is 1. The Bertz CT molecular complexity index is 761. The molecule has 158 valence electrons. The van der Waals surface area contributed by atoms with Crippen molar-refractivity contribution in [2.24, 2.45) is 4.99 Å². The van der Waals surface area contributed by atoms with E-state index in [-0.39, 0.29) is 36.4 Å². The van der Waals surface area contributed by atoms with Crippen molar-refractivity contribution >= 4 is 53.0 Å². The molecule has 0 radical (unpaired) electrons. The first-order valence-electron chi connectivity index (χ1n) is 9.55. The molecule has 1 amide bonds. The third-order valence-electron chi connectivity index (χ3n) is 4.65. The number of carbonyl (C=O) groups is 1. The van der Waals surface area contributed by atoms with Gasteiger partial charge in [0.1, 0.15) is 12.4 Å². The first-order chi connectivity index (χ1) is 13.6. The molecule has 1 aliphatic rings. The highest BCUT2D eigenvalue weighted by Crippen LogP contribution is 2.13. The molecule has 2 aromatic heterocycles. The maximum absolute atomic E-state index is 12.0. The number of guanidine groups is 1. The minimum Gasteiger partial charge on any atom is -0.356 e. The van der Waals surface area contributed by atoms with Crippen molar-refractivity contribution in [2.75, 3.05) is 58.3 Å². The maximum atomic E-state index is 12.0. The first kappa shape index (κ1) is 23.4. The lowest BCUT2D eigenvalue weighted by atomic mass is 10.3. The molecular weight excluding hydrogens is 499 g/mol. The molecule has 2 aromatic rings. The second-order valence-electron chi connectivity index (χ2n) is 6.85. The minimum absolute atomic E-state index is 0. The Hall–Kier alpha value is -1.88. The lowest BCUT2D eigenvalue weighted by molar-refractivity contribution is -0.127. The first-order valence-corrected chi connectivity index (χ1v) is 10.4. The molecule has 3 heterocycles. The number of hydrogen-bond donors (Lipinski definition) is 1. The Morgan fingerprint density at radius 2 is 2.00 bits per heavy atom. The molecule has 0 aromatic carbocycles. The summed E-state index contributed by atoms with van der Waals surface area (Å²) in [5.74, 6) is 1.83. The summed E-state index contributed by atoms with van der Waals surface area (Å²) in [7, 11) is 3.51. The normalized spacial score (nSPS) is 14.3. The zero-order chi connectivity index (χ0) is 19.8. The monoisotopic (exact) mass is 528 g/mol. The second-order valence-corrected chi connectivity index (χ2v) is 7.88. The van der Waals surface area contributed by atoms with Crippen molar-refractivity contribution in [2.45, 2.75) is 6.42 Å². The summed E-state index contributed by atoms with van der Waals surface area (Å²) in [6.07, 6.45) is 2.78. The Kier molecular flexibility index (Phi) is 9.65. The number of amides is 1. The van der Waals surface area contributed by atoms with Gasteiger partial charge in [-0.2, -0.15) is 0 Å². The molecule has 0 atom stereocenters. The predicted octanol–water partition coefficient (Wildman–Crippen LogP) is 2.16. The van der Waals surface area contributed by atoms with Crippen LogP contribution in [0.5, 0.6) is 0 Å². The lowest BCUT2D eigenvalue weighted by Crippen LogP contribution is -2.53. The molecule has 7 nitrogen and oxygen atoms in total. The van der Waals surface area contributed by atoms with Crippen molar-refractivity contribution in [3.63, 3.8) is 0 Å². The van der Waals surface area contributed by atoms with E-state index in [4.69, 9.17) is 0 Å². The van der Waals surface area contributed by atoms with Gasteiger partial charge in [0.25, 0.3) is 0 Å². The zero-order valence-electron chi connectivity index (χ0n) is 17.0. The summed E-state index contributed by atoms with van der Waals surface area (Å²) < 4.78 is 0.